The van der Waals surface area contributed by atoms with Crippen molar-refractivity contribution in [1.82, 2.24) is 10.0 Å². The van der Waals surface area contributed by atoms with Crippen LogP contribution in [0.3, 0.4) is 0 Å². The van der Waals surface area contributed by atoms with Gasteiger partial charge in [-0.15, -0.1) is 0 Å². The average molecular weight is 373 g/mol. The Morgan fingerprint density at radius 1 is 0.957 bits per heavy atom. The van der Waals surface area contributed by atoms with Gasteiger partial charge < -0.3 is 5.32 Å². The molecule has 0 unspecified atom stereocenters. The van der Waals surface area contributed by atoms with E-state index in [1.807, 2.05) is 0 Å². The normalized spacial score (nSPS) is 11.2. The molecule has 0 heterocycles. The molecule has 0 saturated carbocycles. The zero-order valence-electron chi connectivity index (χ0n) is 11.9. The van der Waals surface area contributed by atoms with Crippen molar-refractivity contribution in [3.63, 3.8) is 0 Å². The van der Waals surface area contributed by atoms with Gasteiger partial charge in [0.1, 0.15) is 0 Å². The number of rotatable bonds is 6. The van der Waals surface area contributed by atoms with Crippen LogP contribution in [0.5, 0.6) is 0 Å². The summed E-state index contributed by atoms with van der Waals surface area (Å²) in [7, 11) is -3.58. The maximum atomic E-state index is 12.0. The smallest absolute Gasteiger partial charge is 0.251 e. The molecule has 0 fully saturated rings. The highest BCUT2D eigenvalue weighted by atomic mass is 35.5. The van der Waals surface area contributed by atoms with Crippen LogP contribution in [0, 0.1) is 0 Å². The fourth-order valence-electron chi connectivity index (χ4n) is 1.78. The van der Waals surface area contributed by atoms with E-state index in [1.165, 1.54) is 30.3 Å². The molecule has 0 aliphatic carbocycles. The molecule has 0 radical (unpaired) electrons. The number of hydrogen-bond acceptors (Lipinski definition) is 3. The van der Waals surface area contributed by atoms with Gasteiger partial charge in [-0.25, -0.2) is 13.1 Å². The second-order valence-corrected chi connectivity index (χ2v) is 7.18. The molecule has 0 bridgehead atoms. The Kier molecular flexibility index (Phi) is 6.01. The summed E-state index contributed by atoms with van der Waals surface area (Å²) in [5.74, 6) is -0.359. The number of carbonyl (C=O) groups excluding carboxylic acids is 1. The van der Waals surface area contributed by atoms with Crippen molar-refractivity contribution < 1.29 is 13.2 Å². The van der Waals surface area contributed by atoms with Gasteiger partial charge in [0.2, 0.25) is 10.0 Å². The first-order valence-corrected chi connectivity index (χ1v) is 8.92. The topological polar surface area (TPSA) is 75.3 Å². The minimum atomic E-state index is -3.58. The van der Waals surface area contributed by atoms with E-state index in [0.717, 1.165) is 0 Å². The van der Waals surface area contributed by atoms with E-state index >= 15 is 0 Å². The summed E-state index contributed by atoms with van der Waals surface area (Å²) in [6.45, 7) is 0.218. The zero-order chi connectivity index (χ0) is 16.9. The number of carbonyl (C=O) groups is 1. The Morgan fingerprint density at radius 2 is 1.65 bits per heavy atom. The van der Waals surface area contributed by atoms with Gasteiger partial charge in [-0.2, -0.15) is 0 Å². The first kappa shape index (κ1) is 17.7. The minimum absolute atomic E-state index is 0.0737. The summed E-state index contributed by atoms with van der Waals surface area (Å²) < 4.78 is 26.4. The third-order valence-electron chi connectivity index (χ3n) is 2.94. The van der Waals surface area contributed by atoms with Crippen molar-refractivity contribution >= 4 is 39.1 Å². The van der Waals surface area contributed by atoms with E-state index in [0.29, 0.717) is 10.6 Å². The summed E-state index contributed by atoms with van der Waals surface area (Å²) in [4.78, 5) is 12.1. The van der Waals surface area contributed by atoms with Crippen molar-refractivity contribution in [1.29, 1.82) is 0 Å². The van der Waals surface area contributed by atoms with Crippen LogP contribution in [0.2, 0.25) is 10.0 Å². The van der Waals surface area contributed by atoms with Crippen LogP contribution in [0.1, 0.15) is 10.4 Å². The largest absolute Gasteiger partial charge is 0.351 e. The summed E-state index contributed by atoms with van der Waals surface area (Å²) in [5.41, 5.74) is 0.352. The lowest BCUT2D eigenvalue weighted by Crippen LogP contribution is -2.34. The van der Waals surface area contributed by atoms with E-state index in [-0.39, 0.29) is 28.9 Å². The van der Waals surface area contributed by atoms with Crippen molar-refractivity contribution in [2.45, 2.75) is 4.90 Å². The fraction of sp³-hybridized carbons (Fsp3) is 0.133. The van der Waals surface area contributed by atoms with Gasteiger partial charge in [-0.3, -0.25) is 4.79 Å². The molecule has 2 N–H and O–H groups in total. The highest BCUT2D eigenvalue weighted by Crippen LogP contribution is 2.22. The van der Waals surface area contributed by atoms with Crippen molar-refractivity contribution in [2.75, 3.05) is 13.1 Å². The number of benzene rings is 2. The number of nitrogens with one attached hydrogen (secondary N) is 2. The SMILES string of the molecule is O=C(NCCNS(=O)(=O)c1ccccc1)c1ccc(Cl)c(Cl)c1. The first-order valence-electron chi connectivity index (χ1n) is 6.68. The van der Waals surface area contributed by atoms with Crippen molar-refractivity contribution in [3.05, 3.63) is 64.1 Å². The van der Waals surface area contributed by atoms with Gasteiger partial charge in [-0.1, -0.05) is 41.4 Å². The molecule has 0 aliphatic rings. The molecule has 0 atom stereocenters. The van der Waals surface area contributed by atoms with E-state index in [2.05, 4.69) is 10.0 Å². The van der Waals surface area contributed by atoms with Crippen LogP contribution in [0.25, 0.3) is 0 Å². The van der Waals surface area contributed by atoms with Gasteiger partial charge >= 0.3 is 0 Å². The molecule has 5 nitrogen and oxygen atoms in total. The quantitative estimate of drug-likeness (QED) is 0.765. The molecule has 8 heteroatoms. The Balaban J connectivity index is 1.85. The summed E-state index contributed by atoms with van der Waals surface area (Å²) >= 11 is 11.6. The summed E-state index contributed by atoms with van der Waals surface area (Å²) in [5, 5.41) is 3.24. The second kappa shape index (κ2) is 7.79. The van der Waals surface area contributed by atoms with Crippen LogP contribution >= 0.6 is 23.2 Å². The molecule has 1 amide bonds. The molecular formula is C15H14Cl2N2O3S. The van der Waals surface area contributed by atoms with Gasteiger partial charge in [0.15, 0.2) is 0 Å². The van der Waals surface area contributed by atoms with Crippen LogP contribution < -0.4 is 10.0 Å². The molecule has 2 rings (SSSR count). The second-order valence-electron chi connectivity index (χ2n) is 4.60. The molecule has 2 aromatic carbocycles. The van der Waals surface area contributed by atoms with Crippen molar-refractivity contribution in [3.8, 4) is 0 Å². The third kappa shape index (κ3) is 4.94. The lowest BCUT2D eigenvalue weighted by atomic mass is 10.2. The van der Waals surface area contributed by atoms with Crippen molar-refractivity contribution in [2.24, 2.45) is 0 Å². The Labute approximate surface area is 144 Å². The minimum Gasteiger partial charge on any atom is -0.351 e. The monoisotopic (exact) mass is 372 g/mol. The molecular weight excluding hydrogens is 359 g/mol. The van der Waals surface area contributed by atoms with Crippen LogP contribution in [0.4, 0.5) is 0 Å². The lowest BCUT2D eigenvalue weighted by Gasteiger charge is -2.08. The third-order valence-corrected chi connectivity index (χ3v) is 5.15. The molecule has 0 aromatic heterocycles. The van der Waals surface area contributed by atoms with Gasteiger partial charge in [-0.05, 0) is 30.3 Å². The predicted molar refractivity (Wildman–Crippen MR) is 90.4 cm³/mol. The highest BCUT2D eigenvalue weighted by molar-refractivity contribution is 7.89. The molecule has 2 aromatic rings. The van der Waals surface area contributed by atoms with E-state index < -0.39 is 10.0 Å². The van der Waals surface area contributed by atoms with Crippen LogP contribution in [-0.2, 0) is 10.0 Å². The average Bonchev–Trinajstić information content (AvgIpc) is 2.55. The molecule has 0 spiro atoms. The zero-order valence-corrected chi connectivity index (χ0v) is 14.3. The van der Waals surface area contributed by atoms with Gasteiger partial charge in [0, 0.05) is 18.7 Å². The molecule has 23 heavy (non-hydrogen) atoms. The fourth-order valence-corrected chi connectivity index (χ4v) is 3.13. The molecule has 0 aliphatic heterocycles. The lowest BCUT2D eigenvalue weighted by molar-refractivity contribution is 0.0954. The summed E-state index contributed by atoms with van der Waals surface area (Å²) in [6, 6.07) is 12.5. The molecule has 0 saturated heterocycles. The highest BCUT2D eigenvalue weighted by Gasteiger charge is 2.13. The van der Waals surface area contributed by atoms with E-state index in [4.69, 9.17) is 23.2 Å². The first-order chi connectivity index (χ1) is 10.9. The van der Waals surface area contributed by atoms with Crippen LogP contribution in [-0.4, -0.2) is 27.4 Å². The standard InChI is InChI=1S/C15H14Cl2N2O3S/c16-13-7-6-11(10-14(13)17)15(20)18-8-9-19-23(21,22)12-4-2-1-3-5-12/h1-7,10,19H,8-9H2,(H,18,20). The Bertz CT molecular complexity index is 796. The molecule has 122 valence electrons. The Hall–Kier alpha value is -1.60. The van der Waals surface area contributed by atoms with E-state index in [1.54, 1.807) is 18.2 Å². The maximum Gasteiger partial charge on any atom is 0.251 e. The van der Waals surface area contributed by atoms with Crippen LogP contribution in [0.15, 0.2) is 53.4 Å². The number of sulfonamides is 1. The predicted octanol–water partition coefficient (Wildman–Crippen LogP) is 2.70. The Morgan fingerprint density at radius 3 is 2.30 bits per heavy atom. The van der Waals surface area contributed by atoms with Gasteiger partial charge in [0.25, 0.3) is 5.91 Å². The number of halogens is 2. The maximum absolute atomic E-state index is 12.0. The number of amides is 1. The van der Waals surface area contributed by atoms with E-state index in [9.17, 15) is 13.2 Å². The van der Waals surface area contributed by atoms with Gasteiger partial charge in [0.05, 0.1) is 14.9 Å². The summed E-state index contributed by atoms with van der Waals surface area (Å²) in [6.07, 6.45) is 0. The number of hydrogen-bond donors (Lipinski definition) is 2.